The Kier molecular flexibility index (Phi) is 21.5. The molecule has 1 fully saturated rings. The van der Waals surface area contributed by atoms with Gasteiger partial charge in [-0.2, -0.15) is 0 Å². The van der Waals surface area contributed by atoms with Crippen molar-refractivity contribution in [1.82, 2.24) is 47.0 Å². The van der Waals surface area contributed by atoms with Crippen LogP contribution in [-0.2, 0) is 52.8 Å². The van der Waals surface area contributed by atoms with Crippen LogP contribution in [0.25, 0.3) is 0 Å². The molecule has 10 atom stereocenters. The summed E-state index contributed by atoms with van der Waals surface area (Å²) in [5.74, 6) is -3.21. The van der Waals surface area contributed by atoms with Crippen LogP contribution >= 0.6 is 11.8 Å². The second kappa shape index (κ2) is 27.3. The summed E-state index contributed by atoms with van der Waals surface area (Å²) in [5, 5.41) is 40.6. The Hall–Kier alpha value is -5.86. The minimum Gasteiger partial charge on any atom is -0.394 e. The number of likely N-dealkylation sites (N-methyl/N-ethyl adjacent to an activating group) is 3. The molecule has 1 heterocycles. The predicted octanol–water partition coefficient (Wildman–Crippen LogP) is 3.34. The lowest BCUT2D eigenvalue weighted by molar-refractivity contribution is -0.144. The first kappa shape index (κ1) is 61.4. The Bertz CT molecular complexity index is 2590. The Morgan fingerprint density at radius 2 is 1.26 bits per heavy atom. The van der Waals surface area contributed by atoms with Crippen molar-refractivity contribution in [3.8, 4) is 0 Å². The fourth-order valence-corrected chi connectivity index (χ4v) is 11.7. The van der Waals surface area contributed by atoms with Gasteiger partial charge in [0.15, 0.2) is 0 Å². The molecule has 9 N–H and O–H groups in total. The number of fused-ring (bicyclic) bond motifs is 2. The van der Waals surface area contributed by atoms with Gasteiger partial charge in [-0.25, -0.2) is 0 Å². The molecule has 0 spiro atoms. The largest absolute Gasteiger partial charge is 0.394 e. The fourth-order valence-electron chi connectivity index (χ4n) is 10.6. The normalized spacial score (nSPS) is 20.5. The third-order valence-electron chi connectivity index (χ3n) is 15.8. The summed E-state index contributed by atoms with van der Waals surface area (Å²) in [6, 6.07) is 17.8. The highest BCUT2D eigenvalue weighted by Gasteiger charge is 2.46. The lowest BCUT2D eigenvalue weighted by Crippen LogP contribution is -2.62. The van der Waals surface area contributed by atoms with Crippen LogP contribution < -0.4 is 37.2 Å². The maximum Gasteiger partial charge on any atom is 0.246 e. The first-order valence-electron chi connectivity index (χ1n) is 27.5. The Morgan fingerprint density at radius 3 is 1.79 bits per heavy atom. The van der Waals surface area contributed by atoms with E-state index in [0.29, 0.717) is 18.4 Å². The van der Waals surface area contributed by atoms with Gasteiger partial charge in [-0.3, -0.25) is 33.6 Å². The number of amides is 7. The van der Waals surface area contributed by atoms with Crippen LogP contribution in [0.15, 0.2) is 72.8 Å². The van der Waals surface area contributed by atoms with E-state index >= 15 is 0 Å². The van der Waals surface area contributed by atoms with Gasteiger partial charge < -0.3 is 57.2 Å². The number of nitrogens with one attached hydrogen (secondary N) is 7. The molecule has 1 saturated heterocycles. The number of benzene rings is 3. The third kappa shape index (κ3) is 15.7. The Labute approximate surface area is 465 Å². The van der Waals surface area contributed by atoms with E-state index < -0.39 is 76.8 Å². The second-order valence-electron chi connectivity index (χ2n) is 23.0. The van der Waals surface area contributed by atoms with Crippen molar-refractivity contribution in [3.63, 3.8) is 0 Å². The number of likely N-dealkylation sites (tertiary alicyclic amines) is 1. The molecule has 78 heavy (non-hydrogen) atoms. The molecule has 3 aromatic rings. The molecule has 0 bridgehead atoms. The van der Waals surface area contributed by atoms with Gasteiger partial charge in [0.05, 0.1) is 42.6 Å². The molecule has 0 radical (unpaired) electrons. The monoisotopic (exact) mass is 1100 g/mol. The highest BCUT2D eigenvalue weighted by molar-refractivity contribution is 8.01. The van der Waals surface area contributed by atoms with Gasteiger partial charge in [0.2, 0.25) is 41.4 Å². The number of carbonyl (C=O) groups is 7. The molecule has 7 amide bonds. The zero-order chi connectivity index (χ0) is 57.1. The van der Waals surface area contributed by atoms with Crippen molar-refractivity contribution in [2.24, 2.45) is 5.41 Å². The maximum atomic E-state index is 14.9. The number of thioether (sulfide) groups is 1. The van der Waals surface area contributed by atoms with Crippen molar-refractivity contribution in [1.29, 1.82) is 0 Å². The van der Waals surface area contributed by atoms with Gasteiger partial charge >= 0.3 is 0 Å². The number of nitrogens with zero attached hydrogens (tertiary/aromatic N) is 2. The molecule has 2 aliphatic carbocycles. The van der Waals surface area contributed by atoms with E-state index in [4.69, 9.17) is 0 Å². The standard InChI is InChI=1S/C59H85N9O9S/c1-35(60-8)52(72)65-50(59(6,7)78-34-49(71)67(10)32-42(70)33-69)56(76)64-47(54(74)62-45-23-15-19-39-17-11-13-21-43(39)45)29-37-25-27-38(28-26-37)41-30-48(55(75)63-46-24-16-20-40-18-12-14-22-44(40)46)68(31-41)57(77)51(58(3,4)5)66-53(73)36(2)61-9/h11-14,17-18,21-22,25-28,35-36,41-42,45-48,50-51,60-61,69-70H,15-16,19-20,23-24,29-34H2,1-10H3,(H,62,74)(H,63,75)(H,64,76)(H,65,72)(H,66,73)/t35-,36-,41-,42+,45+,46+,47-,48-,50+,51+/m0/s1. The third-order valence-corrected chi connectivity index (χ3v) is 17.1. The minimum atomic E-state index is -1.23. The van der Waals surface area contributed by atoms with Gasteiger partial charge in [-0.05, 0) is 126 Å². The van der Waals surface area contributed by atoms with E-state index in [2.05, 4.69) is 49.4 Å². The highest BCUT2D eigenvalue weighted by atomic mass is 32.2. The lowest BCUT2D eigenvalue weighted by atomic mass is 9.85. The van der Waals surface area contributed by atoms with Gasteiger partial charge in [0, 0.05) is 37.2 Å². The zero-order valence-corrected chi connectivity index (χ0v) is 48.1. The van der Waals surface area contributed by atoms with Crippen LogP contribution in [0.4, 0.5) is 0 Å². The zero-order valence-electron chi connectivity index (χ0n) is 47.2. The van der Waals surface area contributed by atoms with E-state index in [0.717, 1.165) is 66.1 Å². The molecular weight excluding hydrogens is 1010 g/mol. The summed E-state index contributed by atoms with van der Waals surface area (Å²) in [6.07, 6.45) is 4.31. The van der Waals surface area contributed by atoms with E-state index in [1.807, 2.05) is 81.4 Å². The molecule has 426 valence electrons. The highest BCUT2D eigenvalue weighted by Crippen LogP contribution is 2.37. The summed E-state index contributed by atoms with van der Waals surface area (Å²) in [4.78, 5) is 102. The van der Waals surface area contributed by atoms with Crippen LogP contribution in [0.3, 0.4) is 0 Å². The van der Waals surface area contributed by atoms with Gasteiger partial charge in [0.1, 0.15) is 24.2 Å². The van der Waals surface area contributed by atoms with E-state index in [1.54, 1.807) is 46.7 Å². The number of aliphatic hydroxyl groups excluding tert-OH is 2. The SMILES string of the molecule is CN[C@@H](C)C(=O)N[C@H](C(=O)N1C[C@@H](c2ccc(C[C@H](NC(=O)[C@@H](NC(=O)[C@H](C)NC)C(C)(C)SCC(=O)N(C)C[C@@H](O)CO)C(=O)N[C@@H]3CCCc4ccccc43)cc2)C[C@H]1C(=O)N[C@@H]1CCCc2ccccc21)C(C)(C)C. The molecule has 0 aromatic heterocycles. The lowest BCUT2D eigenvalue weighted by Gasteiger charge is -2.36. The van der Waals surface area contributed by atoms with Crippen LogP contribution in [0.5, 0.6) is 0 Å². The average molecular weight is 1100 g/mol. The van der Waals surface area contributed by atoms with Crippen LogP contribution in [-0.4, -0.2) is 155 Å². The van der Waals surface area contributed by atoms with Gasteiger partial charge in [-0.1, -0.05) is 93.6 Å². The number of aliphatic hydroxyl groups is 2. The number of rotatable bonds is 23. The number of aryl methyl sites for hydroxylation is 2. The summed E-state index contributed by atoms with van der Waals surface area (Å²) in [7, 11) is 4.80. The summed E-state index contributed by atoms with van der Waals surface area (Å²) < 4.78 is -1.11. The Balaban J connectivity index is 1.29. The minimum absolute atomic E-state index is 0.0605. The van der Waals surface area contributed by atoms with Crippen molar-refractivity contribution < 1.29 is 43.8 Å². The van der Waals surface area contributed by atoms with Crippen LogP contribution in [0.2, 0.25) is 0 Å². The maximum absolute atomic E-state index is 14.9. The molecule has 0 unspecified atom stereocenters. The first-order chi connectivity index (χ1) is 37.0. The topological polar surface area (TPSA) is 251 Å². The van der Waals surface area contributed by atoms with Crippen LogP contribution in [0.1, 0.15) is 132 Å². The summed E-state index contributed by atoms with van der Waals surface area (Å²) in [5.41, 5.74) is 5.31. The molecule has 19 heteroatoms. The quantitative estimate of drug-likeness (QED) is 0.0664. The smallest absolute Gasteiger partial charge is 0.246 e. The predicted molar refractivity (Wildman–Crippen MR) is 303 cm³/mol. The molecule has 3 aliphatic rings. The summed E-state index contributed by atoms with van der Waals surface area (Å²) >= 11 is 1.14. The van der Waals surface area contributed by atoms with Crippen molar-refractivity contribution in [2.75, 3.05) is 46.6 Å². The first-order valence-corrected chi connectivity index (χ1v) is 28.5. The molecule has 18 nitrogen and oxygen atoms in total. The van der Waals surface area contributed by atoms with Crippen molar-refractivity contribution >= 4 is 53.1 Å². The van der Waals surface area contributed by atoms with Crippen molar-refractivity contribution in [3.05, 3.63) is 106 Å². The van der Waals surface area contributed by atoms with Crippen LogP contribution in [0, 0.1) is 5.41 Å². The number of hydrogen-bond acceptors (Lipinski definition) is 12. The average Bonchev–Trinajstić information content (AvgIpc) is 3.91. The Morgan fingerprint density at radius 1 is 0.718 bits per heavy atom. The van der Waals surface area contributed by atoms with Gasteiger partial charge in [-0.15, -0.1) is 11.8 Å². The van der Waals surface area contributed by atoms with Crippen molar-refractivity contribution in [2.45, 2.75) is 165 Å². The molecule has 3 aromatic carbocycles. The van der Waals surface area contributed by atoms with E-state index in [1.165, 1.54) is 17.5 Å². The number of carbonyl (C=O) groups excluding carboxylic acids is 7. The van der Waals surface area contributed by atoms with E-state index in [-0.39, 0.29) is 66.9 Å². The molecular formula is C59H85N9O9S. The number of hydrogen-bond donors (Lipinski definition) is 9. The van der Waals surface area contributed by atoms with Gasteiger partial charge in [0.25, 0.3) is 0 Å². The molecule has 1 aliphatic heterocycles. The fraction of sp³-hybridized carbons (Fsp3) is 0.576. The summed E-state index contributed by atoms with van der Waals surface area (Å²) in [6.45, 7) is 12.1. The molecule has 6 rings (SSSR count). The second-order valence-corrected chi connectivity index (χ2v) is 24.7. The van der Waals surface area contributed by atoms with E-state index in [9.17, 15) is 43.8 Å². The molecule has 0 saturated carbocycles.